The van der Waals surface area contributed by atoms with Gasteiger partial charge in [-0.15, -0.1) is 22.7 Å². The van der Waals surface area contributed by atoms with Gasteiger partial charge in [0, 0.05) is 29.5 Å². The molecule has 0 bridgehead atoms. The SMILES string of the molecule is O=C(NCc1nc(-c2ccncc2)no1)c1cc2c(nc3sccn32)s1. The molecule has 0 saturated carbocycles. The monoisotopic (exact) mass is 382 g/mol. The lowest BCUT2D eigenvalue weighted by Gasteiger charge is -1.98. The average Bonchev–Trinajstić information content (AvgIpc) is 3.41. The Morgan fingerprint density at radius 2 is 2.15 bits per heavy atom. The molecule has 5 aromatic heterocycles. The van der Waals surface area contributed by atoms with Gasteiger partial charge >= 0.3 is 0 Å². The molecule has 0 atom stereocenters. The van der Waals surface area contributed by atoms with Gasteiger partial charge in [-0.2, -0.15) is 4.98 Å². The van der Waals surface area contributed by atoms with Gasteiger partial charge in [0.2, 0.25) is 11.7 Å². The van der Waals surface area contributed by atoms with E-state index in [0.29, 0.717) is 16.6 Å². The smallest absolute Gasteiger partial charge is 0.261 e. The van der Waals surface area contributed by atoms with Crippen molar-refractivity contribution >= 4 is 43.9 Å². The second kappa shape index (κ2) is 6.00. The van der Waals surface area contributed by atoms with E-state index in [1.54, 1.807) is 35.9 Å². The van der Waals surface area contributed by atoms with Gasteiger partial charge < -0.3 is 9.84 Å². The summed E-state index contributed by atoms with van der Waals surface area (Å²) in [6.07, 6.45) is 5.26. The topological polar surface area (TPSA) is 98.2 Å². The van der Waals surface area contributed by atoms with Crippen LogP contribution in [0, 0.1) is 0 Å². The van der Waals surface area contributed by atoms with Crippen molar-refractivity contribution in [3.63, 3.8) is 0 Å². The quantitative estimate of drug-likeness (QED) is 0.513. The minimum absolute atomic E-state index is 0.160. The van der Waals surface area contributed by atoms with Gasteiger partial charge in [0.05, 0.1) is 16.9 Å². The van der Waals surface area contributed by atoms with Crippen LogP contribution in [-0.2, 0) is 6.54 Å². The molecule has 0 aliphatic heterocycles. The number of imidazole rings is 1. The maximum Gasteiger partial charge on any atom is 0.261 e. The van der Waals surface area contributed by atoms with Crippen molar-refractivity contribution in [1.29, 1.82) is 0 Å². The molecule has 0 aliphatic rings. The number of nitrogens with one attached hydrogen (secondary N) is 1. The first kappa shape index (κ1) is 15.2. The van der Waals surface area contributed by atoms with Crippen LogP contribution >= 0.6 is 22.7 Å². The van der Waals surface area contributed by atoms with Gasteiger partial charge in [-0.25, -0.2) is 4.98 Å². The highest BCUT2D eigenvalue weighted by Crippen LogP contribution is 2.28. The van der Waals surface area contributed by atoms with Crippen LogP contribution in [0.2, 0.25) is 0 Å². The number of carbonyl (C=O) groups is 1. The molecular weight excluding hydrogens is 372 g/mol. The Bertz CT molecular complexity index is 1220. The Hall–Kier alpha value is -3.11. The van der Waals surface area contributed by atoms with Crippen LogP contribution in [0.5, 0.6) is 0 Å². The first-order valence-electron chi connectivity index (χ1n) is 7.64. The minimum atomic E-state index is -0.194. The standard InChI is InChI=1S/C16H10N6O2S2/c23-14(11-7-10-15(26-11)20-16-22(10)5-6-25-16)18-8-12-19-13(21-24-12)9-1-3-17-4-2-9/h1-7H,8H2,(H,18,23). The third kappa shape index (κ3) is 2.55. The predicted molar refractivity (Wildman–Crippen MR) is 97.2 cm³/mol. The van der Waals surface area contributed by atoms with Crippen LogP contribution in [0.3, 0.4) is 0 Å². The van der Waals surface area contributed by atoms with Crippen molar-refractivity contribution in [2.75, 3.05) is 0 Å². The highest BCUT2D eigenvalue weighted by molar-refractivity contribution is 7.21. The molecule has 5 heterocycles. The number of aromatic nitrogens is 5. The Morgan fingerprint density at radius 3 is 3.04 bits per heavy atom. The fraction of sp³-hybridized carbons (Fsp3) is 0.0625. The summed E-state index contributed by atoms with van der Waals surface area (Å²) in [4.78, 5) is 27.5. The summed E-state index contributed by atoms with van der Waals surface area (Å²) in [7, 11) is 0. The van der Waals surface area contributed by atoms with Crippen molar-refractivity contribution in [2.45, 2.75) is 6.54 Å². The van der Waals surface area contributed by atoms with Gasteiger partial charge in [0.15, 0.2) is 4.96 Å². The van der Waals surface area contributed by atoms with E-state index in [2.05, 4.69) is 25.4 Å². The summed E-state index contributed by atoms with van der Waals surface area (Å²) in [5.41, 5.74) is 1.75. The van der Waals surface area contributed by atoms with Gasteiger partial charge in [-0.05, 0) is 18.2 Å². The zero-order chi connectivity index (χ0) is 17.5. The highest BCUT2D eigenvalue weighted by atomic mass is 32.1. The van der Waals surface area contributed by atoms with Crippen LogP contribution in [0.1, 0.15) is 15.6 Å². The molecule has 1 N–H and O–H groups in total. The zero-order valence-electron chi connectivity index (χ0n) is 13.1. The molecule has 0 unspecified atom stereocenters. The maximum atomic E-state index is 12.4. The molecule has 26 heavy (non-hydrogen) atoms. The molecule has 0 aliphatic carbocycles. The van der Waals surface area contributed by atoms with Crippen LogP contribution in [-0.4, -0.2) is 30.4 Å². The van der Waals surface area contributed by atoms with Crippen LogP contribution < -0.4 is 5.32 Å². The maximum absolute atomic E-state index is 12.4. The summed E-state index contributed by atoms with van der Waals surface area (Å²) < 4.78 is 7.17. The second-order valence-corrected chi connectivity index (χ2v) is 7.30. The largest absolute Gasteiger partial charge is 0.342 e. The molecule has 0 radical (unpaired) electrons. The number of nitrogens with zero attached hydrogens (tertiary/aromatic N) is 5. The van der Waals surface area contributed by atoms with Crippen LogP contribution in [0.15, 0.2) is 46.7 Å². The normalized spacial score (nSPS) is 11.4. The van der Waals surface area contributed by atoms with E-state index >= 15 is 0 Å². The van der Waals surface area contributed by atoms with Crippen molar-refractivity contribution in [1.82, 2.24) is 29.8 Å². The molecule has 0 aromatic carbocycles. The predicted octanol–water partition coefficient (Wildman–Crippen LogP) is 2.99. The Kier molecular flexibility index (Phi) is 3.50. The van der Waals surface area contributed by atoms with Crippen molar-refractivity contribution in [3.8, 4) is 11.4 Å². The summed E-state index contributed by atoms with van der Waals surface area (Å²) in [5.74, 6) is 0.612. The molecule has 5 rings (SSSR count). The number of pyridine rings is 1. The summed E-state index contributed by atoms with van der Waals surface area (Å²) in [6.45, 7) is 0.160. The number of thiophene rings is 1. The third-order valence-corrected chi connectivity index (χ3v) is 5.54. The van der Waals surface area contributed by atoms with Gasteiger partial charge in [0.25, 0.3) is 5.91 Å². The lowest BCUT2D eigenvalue weighted by atomic mass is 10.2. The number of hydrogen-bond donors (Lipinski definition) is 1. The summed E-state index contributed by atoms with van der Waals surface area (Å²) in [6, 6.07) is 5.43. The third-order valence-electron chi connectivity index (χ3n) is 3.77. The molecule has 1 amide bonds. The number of hydrogen-bond acceptors (Lipinski definition) is 8. The van der Waals surface area contributed by atoms with Crippen molar-refractivity contribution < 1.29 is 9.32 Å². The van der Waals surface area contributed by atoms with E-state index in [0.717, 1.165) is 20.9 Å². The van der Waals surface area contributed by atoms with E-state index < -0.39 is 0 Å². The second-order valence-electron chi connectivity index (χ2n) is 5.40. The first-order chi connectivity index (χ1) is 12.8. The van der Waals surface area contributed by atoms with E-state index in [9.17, 15) is 4.79 Å². The van der Waals surface area contributed by atoms with Crippen molar-refractivity contribution in [3.05, 3.63) is 52.9 Å². The molecule has 8 nitrogen and oxygen atoms in total. The number of fused-ring (bicyclic) bond motifs is 3. The lowest BCUT2D eigenvalue weighted by molar-refractivity contribution is 0.0950. The van der Waals surface area contributed by atoms with Crippen molar-refractivity contribution in [2.24, 2.45) is 0 Å². The van der Waals surface area contributed by atoms with Gasteiger partial charge in [-0.3, -0.25) is 14.2 Å². The molecule has 10 heteroatoms. The Morgan fingerprint density at radius 1 is 1.27 bits per heavy atom. The Labute approximate surface area is 154 Å². The summed E-state index contributed by atoms with van der Waals surface area (Å²) in [5, 5.41) is 8.69. The first-order valence-corrected chi connectivity index (χ1v) is 9.34. The van der Waals surface area contributed by atoms with Gasteiger partial charge in [-0.1, -0.05) is 5.16 Å². The lowest BCUT2D eigenvalue weighted by Crippen LogP contribution is -2.21. The van der Waals surface area contributed by atoms with Crippen LogP contribution in [0.25, 0.3) is 26.7 Å². The molecule has 5 aromatic rings. The molecule has 0 fully saturated rings. The summed E-state index contributed by atoms with van der Waals surface area (Å²) >= 11 is 2.93. The number of thiazole rings is 1. The average molecular weight is 382 g/mol. The Balaban J connectivity index is 1.31. The van der Waals surface area contributed by atoms with E-state index in [1.807, 2.05) is 22.0 Å². The minimum Gasteiger partial charge on any atom is -0.342 e. The molecular formula is C16H10N6O2S2. The number of carbonyl (C=O) groups excluding carboxylic acids is 1. The zero-order valence-corrected chi connectivity index (χ0v) is 14.8. The van der Waals surface area contributed by atoms with E-state index in [1.165, 1.54) is 11.3 Å². The highest BCUT2D eigenvalue weighted by Gasteiger charge is 2.16. The molecule has 128 valence electrons. The molecule has 0 saturated heterocycles. The van der Waals surface area contributed by atoms with E-state index in [4.69, 9.17) is 4.52 Å². The van der Waals surface area contributed by atoms with Gasteiger partial charge in [0.1, 0.15) is 4.83 Å². The number of amides is 1. The fourth-order valence-electron chi connectivity index (χ4n) is 2.55. The molecule has 0 spiro atoms. The number of rotatable bonds is 4. The van der Waals surface area contributed by atoms with Crippen LogP contribution in [0.4, 0.5) is 0 Å². The fourth-order valence-corrected chi connectivity index (χ4v) is 4.26. The van der Waals surface area contributed by atoms with E-state index in [-0.39, 0.29) is 12.5 Å².